The van der Waals surface area contributed by atoms with E-state index in [0.29, 0.717) is 18.1 Å². The fraction of sp³-hybridized carbons (Fsp3) is 0.500. The number of hydrogen-bond donors (Lipinski definition) is 0. The average Bonchev–Trinajstić information content (AvgIpc) is 2.16. The fourth-order valence-electron chi connectivity index (χ4n) is 2.25. The van der Waals surface area contributed by atoms with Gasteiger partial charge in [0.15, 0.2) is 5.78 Å². The molecule has 0 fully saturated rings. The Morgan fingerprint density at radius 3 is 2.47 bits per heavy atom. The van der Waals surface area contributed by atoms with Crippen molar-refractivity contribution in [3.63, 3.8) is 0 Å². The number of carbonyl (C=O) groups is 1. The third-order valence-corrected chi connectivity index (χ3v) is 3.44. The molecule has 0 spiro atoms. The van der Waals surface area contributed by atoms with Crippen molar-refractivity contribution in [1.82, 2.24) is 0 Å². The molecule has 2 rings (SSSR count). The van der Waals surface area contributed by atoms with E-state index in [4.69, 9.17) is 0 Å². The van der Waals surface area contributed by atoms with Crippen LogP contribution in [0.15, 0.2) is 24.3 Å². The lowest BCUT2D eigenvalue weighted by molar-refractivity contribution is 0.0894. The maximum atomic E-state index is 11.9. The molecule has 80 valence electrons. The molecule has 1 unspecified atom stereocenters. The number of ketones is 1. The predicted molar refractivity (Wildman–Crippen MR) is 62.0 cm³/mol. The Bertz CT molecular complexity index is 385. The van der Waals surface area contributed by atoms with Gasteiger partial charge >= 0.3 is 0 Å². The highest BCUT2D eigenvalue weighted by Crippen LogP contribution is 2.36. The quantitative estimate of drug-likeness (QED) is 0.629. The van der Waals surface area contributed by atoms with Gasteiger partial charge in [-0.1, -0.05) is 45.0 Å². The maximum absolute atomic E-state index is 11.9. The Morgan fingerprint density at radius 1 is 1.13 bits per heavy atom. The molecule has 0 N–H and O–H groups in total. The molecule has 1 nitrogen and oxygen atoms in total. The molecule has 1 atom stereocenters. The Labute approximate surface area is 91.5 Å². The lowest BCUT2D eigenvalue weighted by Crippen LogP contribution is -2.29. The van der Waals surface area contributed by atoms with E-state index in [2.05, 4.69) is 26.8 Å². The summed E-state index contributed by atoms with van der Waals surface area (Å²) >= 11 is 0. The summed E-state index contributed by atoms with van der Waals surface area (Å²) in [6, 6.07) is 8.02. The number of rotatable bonds is 0. The van der Waals surface area contributed by atoms with Crippen molar-refractivity contribution in [2.45, 2.75) is 33.6 Å². The minimum absolute atomic E-state index is 0.225. The number of benzene rings is 1. The highest BCUT2D eigenvalue weighted by atomic mass is 16.1. The molecule has 0 bridgehead atoms. The summed E-state index contributed by atoms with van der Waals surface area (Å²) in [5, 5.41) is 0. The van der Waals surface area contributed by atoms with Crippen LogP contribution in [0.2, 0.25) is 0 Å². The summed E-state index contributed by atoms with van der Waals surface area (Å²) in [5.41, 5.74) is 2.40. The molecule has 0 aliphatic heterocycles. The van der Waals surface area contributed by atoms with Gasteiger partial charge in [0, 0.05) is 12.0 Å². The molecule has 1 aromatic carbocycles. The van der Waals surface area contributed by atoms with Crippen molar-refractivity contribution in [3.05, 3.63) is 35.4 Å². The van der Waals surface area contributed by atoms with Crippen LogP contribution in [0.1, 0.15) is 43.1 Å². The smallest absolute Gasteiger partial charge is 0.163 e. The number of hydrogen-bond acceptors (Lipinski definition) is 1. The van der Waals surface area contributed by atoms with Crippen molar-refractivity contribution in [1.29, 1.82) is 0 Å². The van der Waals surface area contributed by atoms with Crippen molar-refractivity contribution >= 4 is 5.78 Å². The Kier molecular flexibility index (Phi) is 2.41. The van der Waals surface area contributed by atoms with Crippen LogP contribution in [0, 0.1) is 11.3 Å². The fourth-order valence-corrected chi connectivity index (χ4v) is 2.25. The van der Waals surface area contributed by atoms with Crippen molar-refractivity contribution < 1.29 is 4.79 Å². The summed E-state index contributed by atoms with van der Waals surface area (Å²) in [7, 11) is 0. The van der Waals surface area contributed by atoms with Gasteiger partial charge in [-0.3, -0.25) is 4.79 Å². The van der Waals surface area contributed by atoms with E-state index in [1.54, 1.807) is 0 Å². The Hall–Kier alpha value is -1.11. The standard InChI is InChI=1S/C14H18O/c1-14(2,3)11-8-10-6-4-5-7-12(10)13(15)9-11/h4-7,11H,8-9H2,1-3H3. The topological polar surface area (TPSA) is 17.1 Å². The van der Waals surface area contributed by atoms with E-state index >= 15 is 0 Å². The van der Waals surface area contributed by atoms with Crippen LogP contribution in [-0.2, 0) is 6.42 Å². The largest absolute Gasteiger partial charge is 0.294 e. The Morgan fingerprint density at radius 2 is 1.80 bits per heavy atom. The normalized spacial score (nSPS) is 21.3. The summed E-state index contributed by atoms with van der Waals surface area (Å²) in [6.07, 6.45) is 1.76. The maximum Gasteiger partial charge on any atom is 0.163 e. The van der Waals surface area contributed by atoms with Crippen LogP contribution < -0.4 is 0 Å². The monoisotopic (exact) mass is 202 g/mol. The lowest BCUT2D eigenvalue weighted by atomic mass is 9.70. The zero-order chi connectivity index (χ0) is 11.1. The van der Waals surface area contributed by atoms with Crippen LogP contribution in [0.5, 0.6) is 0 Å². The lowest BCUT2D eigenvalue weighted by Gasteiger charge is -2.34. The molecule has 0 saturated heterocycles. The third kappa shape index (κ3) is 1.97. The average molecular weight is 202 g/mol. The van der Waals surface area contributed by atoms with E-state index in [0.717, 1.165) is 12.0 Å². The van der Waals surface area contributed by atoms with Gasteiger partial charge in [0.2, 0.25) is 0 Å². The molecule has 1 aliphatic rings. The van der Waals surface area contributed by atoms with Gasteiger partial charge in [0.25, 0.3) is 0 Å². The van der Waals surface area contributed by atoms with E-state index in [-0.39, 0.29) is 5.41 Å². The first-order valence-electron chi connectivity index (χ1n) is 5.59. The van der Waals surface area contributed by atoms with Gasteiger partial charge in [-0.25, -0.2) is 0 Å². The van der Waals surface area contributed by atoms with Crippen molar-refractivity contribution in [2.24, 2.45) is 11.3 Å². The first-order chi connectivity index (χ1) is 6.98. The van der Waals surface area contributed by atoms with E-state index in [9.17, 15) is 4.79 Å². The molecule has 0 radical (unpaired) electrons. The highest BCUT2D eigenvalue weighted by Gasteiger charge is 2.32. The first-order valence-corrected chi connectivity index (χ1v) is 5.59. The van der Waals surface area contributed by atoms with E-state index in [1.807, 2.05) is 18.2 Å². The van der Waals surface area contributed by atoms with E-state index in [1.165, 1.54) is 5.56 Å². The molecule has 0 amide bonds. The molecule has 1 aliphatic carbocycles. The molecule has 1 aromatic rings. The predicted octanol–water partition coefficient (Wildman–Crippen LogP) is 3.48. The van der Waals surface area contributed by atoms with Gasteiger partial charge in [-0.2, -0.15) is 0 Å². The zero-order valence-corrected chi connectivity index (χ0v) is 9.71. The molecule has 0 saturated carbocycles. The van der Waals surface area contributed by atoms with Crippen LogP contribution in [-0.4, -0.2) is 5.78 Å². The minimum Gasteiger partial charge on any atom is -0.294 e. The summed E-state index contributed by atoms with van der Waals surface area (Å²) in [4.78, 5) is 11.9. The molecular weight excluding hydrogens is 184 g/mol. The third-order valence-electron chi connectivity index (χ3n) is 3.44. The molecule has 15 heavy (non-hydrogen) atoms. The SMILES string of the molecule is CC(C)(C)C1CC(=O)c2ccccc2C1. The zero-order valence-electron chi connectivity index (χ0n) is 9.71. The number of fused-ring (bicyclic) bond motifs is 1. The molecule has 0 aromatic heterocycles. The Balaban J connectivity index is 2.35. The van der Waals surface area contributed by atoms with Crippen LogP contribution in [0.25, 0.3) is 0 Å². The van der Waals surface area contributed by atoms with Crippen molar-refractivity contribution in [2.75, 3.05) is 0 Å². The van der Waals surface area contributed by atoms with Crippen LogP contribution in [0.4, 0.5) is 0 Å². The molecule has 1 heteroatoms. The number of carbonyl (C=O) groups excluding carboxylic acids is 1. The minimum atomic E-state index is 0.225. The van der Waals surface area contributed by atoms with Crippen molar-refractivity contribution in [3.8, 4) is 0 Å². The van der Waals surface area contributed by atoms with Gasteiger partial charge in [0.1, 0.15) is 0 Å². The second kappa shape index (κ2) is 3.48. The van der Waals surface area contributed by atoms with Gasteiger partial charge in [-0.15, -0.1) is 0 Å². The van der Waals surface area contributed by atoms with E-state index < -0.39 is 0 Å². The van der Waals surface area contributed by atoms with Gasteiger partial charge in [-0.05, 0) is 23.3 Å². The summed E-state index contributed by atoms with van der Waals surface area (Å²) < 4.78 is 0. The number of Topliss-reactive ketones (excluding diaryl/α,β-unsaturated/α-hetero) is 1. The summed E-state index contributed by atoms with van der Waals surface area (Å²) in [5.74, 6) is 0.802. The second-order valence-corrected chi connectivity index (χ2v) is 5.55. The van der Waals surface area contributed by atoms with Crippen LogP contribution in [0.3, 0.4) is 0 Å². The first kappa shape index (κ1) is 10.4. The van der Waals surface area contributed by atoms with Crippen LogP contribution >= 0.6 is 0 Å². The molecule has 0 heterocycles. The highest BCUT2D eigenvalue weighted by molar-refractivity contribution is 5.98. The second-order valence-electron chi connectivity index (χ2n) is 5.55. The van der Waals surface area contributed by atoms with Gasteiger partial charge in [0.05, 0.1) is 0 Å². The molecular formula is C14H18O. The van der Waals surface area contributed by atoms with Gasteiger partial charge < -0.3 is 0 Å². The summed E-state index contributed by atoms with van der Waals surface area (Å²) in [6.45, 7) is 6.66.